The second-order valence-corrected chi connectivity index (χ2v) is 5.29. The van der Waals surface area contributed by atoms with Crippen LogP contribution >= 0.6 is 11.3 Å². The van der Waals surface area contributed by atoms with E-state index >= 15 is 0 Å². The molecule has 2 rings (SSSR count). The molecule has 98 valence electrons. The van der Waals surface area contributed by atoms with Crippen LogP contribution in [0.3, 0.4) is 0 Å². The predicted octanol–water partition coefficient (Wildman–Crippen LogP) is 2.85. The Hall–Kier alpha value is -2.26. The van der Waals surface area contributed by atoms with Gasteiger partial charge in [0.25, 0.3) is 0 Å². The topological polar surface area (TPSA) is 92.1 Å². The normalized spacial score (nSPS) is 10.4. The van der Waals surface area contributed by atoms with Crippen molar-refractivity contribution >= 4 is 27.8 Å². The molecule has 0 saturated carbocycles. The number of hydrogen-bond acceptors (Lipinski definition) is 6. The van der Waals surface area contributed by atoms with Crippen molar-refractivity contribution in [2.75, 3.05) is 11.1 Å². The number of nitrogens with zero attached hydrogens (tertiary/aromatic N) is 1. The van der Waals surface area contributed by atoms with Crippen molar-refractivity contribution in [2.24, 2.45) is 0 Å². The maximum Gasteiger partial charge on any atom is 0.240 e. The van der Waals surface area contributed by atoms with E-state index in [-0.39, 0.29) is 23.3 Å². The fourth-order valence-electron chi connectivity index (χ4n) is 1.61. The number of nitrogens with two attached hydrogens (primary N) is 1. The third-order valence-electron chi connectivity index (χ3n) is 2.43. The summed E-state index contributed by atoms with van der Waals surface area (Å²) in [6.45, 7) is 3.90. The van der Waals surface area contributed by atoms with E-state index in [1.54, 1.807) is 12.1 Å². The molecule has 0 bridgehead atoms. The number of carbonyl (C=O) groups is 1. The van der Waals surface area contributed by atoms with Gasteiger partial charge in [-0.3, -0.25) is 4.79 Å². The fraction of sp³-hybridized carbons (Fsp3) is 0.231. The lowest BCUT2D eigenvalue weighted by atomic mass is 10.2. The summed E-state index contributed by atoms with van der Waals surface area (Å²) in [5.74, 6) is -0.0886. The van der Waals surface area contributed by atoms with Crippen molar-refractivity contribution in [3.63, 3.8) is 0 Å². The molecular formula is C13H13N3O2S. The van der Waals surface area contributed by atoms with E-state index < -0.39 is 0 Å². The van der Waals surface area contributed by atoms with E-state index in [0.717, 1.165) is 0 Å². The highest BCUT2D eigenvalue weighted by Crippen LogP contribution is 2.36. The molecule has 2 aromatic heterocycles. The first-order valence-corrected chi connectivity index (χ1v) is 6.53. The Kier molecular flexibility index (Phi) is 3.58. The van der Waals surface area contributed by atoms with Crippen molar-refractivity contribution in [2.45, 2.75) is 19.9 Å². The van der Waals surface area contributed by atoms with Crippen LogP contribution < -0.4 is 11.1 Å². The first-order chi connectivity index (χ1) is 9.04. The van der Waals surface area contributed by atoms with Crippen LogP contribution in [0.15, 0.2) is 22.8 Å². The van der Waals surface area contributed by atoms with Crippen LogP contribution in [0.5, 0.6) is 0 Å². The van der Waals surface area contributed by atoms with Gasteiger partial charge in [0.2, 0.25) is 5.78 Å². The van der Waals surface area contributed by atoms with Crippen LogP contribution in [-0.2, 0) is 0 Å². The van der Waals surface area contributed by atoms with Crippen molar-refractivity contribution in [3.8, 4) is 6.07 Å². The van der Waals surface area contributed by atoms with Crippen LogP contribution in [0.1, 0.15) is 34.8 Å². The average molecular weight is 275 g/mol. The molecule has 0 unspecified atom stereocenters. The van der Waals surface area contributed by atoms with E-state index in [2.05, 4.69) is 5.32 Å². The maximum absolute atomic E-state index is 12.2. The Morgan fingerprint density at radius 1 is 1.58 bits per heavy atom. The van der Waals surface area contributed by atoms with Gasteiger partial charge in [-0.1, -0.05) is 0 Å². The summed E-state index contributed by atoms with van der Waals surface area (Å²) in [6.07, 6.45) is 1.43. The lowest BCUT2D eigenvalue weighted by molar-refractivity contribution is 0.101. The molecule has 0 aliphatic rings. The molecule has 0 saturated heterocycles. The molecule has 0 atom stereocenters. The van der Waals surface area contributed by atoms with Crippen molar-refractivity contribution in [1.82, 2.24) is 0 Å². The second-order valence-electron chi connectivity index (χ2n) is 4.27. The third-order valence-corrected chi connectivity index (χ3v) is 3.56. The summed E-state index contributed by atoms with van der Waals surface area (Å²) in [5.41, 5.74) is 6.40. The van der Waals surface area contributed by atoms with Gasteiger partial charge in [0.15, 0.2) is 5.76 Å². The first-order valence-electron chi connectivity index (χ1n) is 5.71. The van der Waals surface area contributed by atoms with E-state index in [9.17, 15) is 4.79 Å². The van der Waals surface area contributed by atoms with Crippen LogP contribution in [-0.4, -0.2) is 11.8 Å². The second kappa shape index (κ2) is 5.16. The number of thiophene rings is 1. The fourth-order valence-corrected chi connectivity index (χ4v) is 2.77. The number of rotatable bonds is 4. The summed E-state index contributed by atoms with van der Waals surface area (Å²) in [4.78, 5) is 12.5. The van der Waals surface area contributed by atoms with Gasteiger partial charge >= 0.3 is 0 Å². The zero-order valence-electron chi connectivity index (χ0n) is 10.6. The zero-order valence-corrected chi connectivity index (χ0v) is 11.4. The van der Waals surface area contributed by atoms with Crippen molar-refractivity contribution in [1.29, 1.82) is 5.26 Å². The number of nitrogen functional groups attached to an aromatic ring is 1. The molecule has 5 nitrogen and oxygen atoms in total. The standard InChI is InChI=1S/C13H13N3O2S/c1-7(2)16-13-8(6-14)10(15)12(19-13)11(17)9-4-3-5-18-9/h3-5,7,16H,15H2,1-2H3. The minimum absolute atomic E-state index is 0.150. The molecule has 0 aliphatic heterocycles. The number of furan rings is 1. The van der Waals surface area contributed by atoms with Gasteiger partial charge < -0.3 is 15.5 Å². The SMILES string of the molecule is CC(C)Nc1sc(C(=O)c2ccco2)c(N)c1C#N. The Bertz CT molecular complexity index is 636. The molecule has 19 heavy (non-hydrogen) atoms. The number of carbonyl (C=O) groups excluding carboxylic acids is 1. The largest absolute Gasteiger partial charge is 0.461 e. The number of anilines is 2. The highest BCUT2D eigenvalue weighted by Gasteiger charge is 2.23. The summed E-state index contributed by atoms with van der Waals surface area (Å²) in [5, 5.41) is 12.9. The van der Waals surface area contributed by atoms with Crippen molar-refractivity contribution in [3.05, 3.63) is 34.6 Å². The Morgan fingerprint density at radius 2 is 2.32 bits per heavy atom. The van der Waals surface area contributed by atoms with E-state index in [1.807, 2.05) is 19.9 Å². The molecule has 0 aliphatic carbocycles. The van der Waals surface area contributed by atoms with Gasteiger partial charge in [0.1, 0.15) is 21.5 Å². The molecule has 0 fully saturated rings. The molecular weight excluding hydrogens is 262 g/mol. The van der Waals surface area contributed by atoms with E-state index in [1.165, 1.54) is 17.6 Å². The monoisotopic (exact) mass is 275 g/mol. The summed E-state index contributed by atoms with van der Waals surface area (Å²) < 4.78 is 5.07. The van der Waals surface area contributed by atoms with Crippen LogP contribution in [0, 0.1) is 11.3 Å². The summed E-state index contributed by atoms with van der Waals surface area (Å²) >= 11 is 1.18. The molecule has 0 spiro atoms. The number of ketones is 1. The molecule has 6 heteroatoms. The summed E-state index contributed by atoms with van der Waals surface area (Å²) in [6, 6.07) is 5.39. The van der Waals surface area contributed by atoms with Gasteiger partial charge in [0, 0.05) is 6.04 Å². The van der Waals surface area contributed by atoms with Gasteiger partial charge in [-0.15, -0.1) is 11.3 Å². The molecule has 0 amide bonds. The predicted molar refractivity (Wildman–Crippen MR) is 74.3 cm³/mol. The van der Waals surface area contributed by atoms with Crippen LogP contribution in [0.4, 0.5) is 10.7 Å². The van der Waals surface area contributed by atoms with Crippen molar-refractivity contribution < 1.29 is 9.21 Å². The Labute approximate surface area is 114 Å². The lowest BCUT2D eigenvalue weighted by Gasteiger charge is -2.06. The van der Waals surface area contributed by atoms with Crippen LogP contribution in [0.2, 0.25) is 0 Å². The minimum atomic E-state index is -0.305. The molecule has 2 aromatic rings. The maximum atomic E-state index is 12.2. The van der Waals surface area contributed by atoms with E-state index in [4.69, 9.17) is 15.4 Å². The number of hydrogen-bond donors (Lipinski definition) is 2. The van der Waals surface area contributed by atoms with Crippen LogP contribution in [0.25, 0.3) is 0 Å². The minimum Gasteiger partial charge on any atom is -0.461 e. The summed E-state index contributed by atoms with van der Waals surface area (Å²) in [7, 11) is 0. The van der Waals surface area contributed by atoms with Gasteiger partial charge in [-0.2, -0.15) is 5.26 Å². The number of nitrogens with one attached hydrogen (secondary N) is 1. The highest BCUT2D eigenvalue weighted by molar-refractivity contribution is 7.19. The van der Waals surface area contributed by atoms with E-state index in [0.29, 0.717) is 15.4 Å². The smallest absolute Gasteiger partial charge is 0.240 e. The zero-order chi connectivity index (χ0) is 14.0. The Morgan fingerprint density at radius 3 is 2.84 bits per heavy atom. The van der Waals surface area contributed by atoms with Gasteiger partial charge in [0.05, 0.1) is 12.0 Å². The highest BCUT2D eigenvalue weighted by atomic mass is 32.1. The van der Waals surface area contributed by atoms with Gasteiger partial charge in [-0.25, -0.2) is 0 Å². The number of nitriles is 1. The molecule has 0 aromatic carbocycles. The average Bonchev–Trinajstić information content (AvgIpc) is 2.96. The molecule has 3 N–H and O–H groups in total. The third kappa shape index (κ3) is 2.46. The molecule has 0 radical (unpaired) electrons. The first kappa shape index (κ1) is 13.2. The van der Waals surface area contributed by atoms with Gasteiger partial charge in [-0.05, 0) is 26.0 Å². The lowest BCUT2D eigenvalue weighted by Crippen LogP contribution is -2.09. The molecule has 2 heterocycles. The Balaban J connectivity index is 2.45. The quantitative estimate of drug-likeness (QED) is 0.837.